The van der Waals surface area contributed by atoms with Gasteiger partial charge in [-0.05, 0) is 25.9 Å². The van der Waals surface area contributed by atoms with Crippen molar-refractivity contribution in [1.29, 1.82) is 0 Å². The molecule has 0 aromatic carbocycles. The van der Waals surface area contributed by atoms with Crippen LogP contribution in [-0.2, 0) is 14.6 Å². The van der Waals surface area contributed by atoms with Crippen LogP contribution in [0.2, 0.25) is 0 Å². The minimum atomic E-state index is -3.82. The van der Waals surface area contributed by atoms with Crippen molar-refractivity contribution < 1.29 is 18.3 Å². The van der Waals surface area contributed by atoms with Crippen LogP contribution >= 0.6 is 0 Å². The zero-order chi connectivity index (χ0) is 12.5. The Kier molecular flexibility index (Phi) is 3.30. The van der Waals surface area contributed by atoms with Gasteiger partial charge in [0.25, 0.3) is 0 Å². The molecule has 0 amide bonds. The number of carboxylic acid groups (broad SMARTS) is 1. The highest BCUT2D eigenvalue weighted by Crippen LogP contribution is 2.18. The molecule has 2 rings (SSSR count). The van der Waals surface area contributed by atoms with Crippen LogP contribution in [0.4, 0.5) is 0 Å². The van der Waals surface area contributed by atoms with Gasteiger partial charge in [-0.15, -0.1) is 0 Å². The molecule has 0 bridgehead atoms. The van der Waals surface area contributed by atoms with Gasteiger partial charge in [-0.1, -0.05) is 6.42 Å². The van der Waals surface area contributed by atoms with Gasteiger partial charge in [0.1, 0.15) is 0 Å². The molecule has 17 heavy (non-hydrogen) atoms. The molecule has 2 aliphatic rings. The summed E-state index contributed by atoms with van der Waals surface area (Å²) in [5, 5.41) is 8.92. The van der Waals surface area contributed by atoms with E-state index < -0.39 is 20.9 Å². The number of likely N-dealkylation sites (tertiary alicyclic amines) is 1. The molecule has 0 saturated carbocycles. The number of piperidine rings is 1. The summed E-state index contributed by atoms with van der Waals surface area (Å²) in [5.74, 6) is -1.49. The first-order chi connectivity index (χ1) is 7.99. The molecule has 0 unspecified atom stereocenters. The van der Waals surface area contributed by atoms with Gasteiger partial charge in [-0.2, -0.15) is 0 Å². The van der Waals surface area contributed by atoms with E-state index in [1.165, 1.54) is 6.42 Å². The van der Waals surface area contributed by atoms with Gasteiger partial charge in [0.2, 0.25) is 14.9 Å². The Hall–Kier alpha value is -1.21. The Morgan fingerprint density at radius 1 is 1.35 bits per heavy atom. The molecule has 2 heterocycles. The largest absolute Gasteiger partial charge is 0.476 e. The Bertz CT molecular complexity index is 486. The summed E-state index contributed by atoms with van der Waals surface area (Å²) in [6.45, 7) is 2.24. The summed E-state index contributed by atoms with van der Waals surface area (Å²) < 4.78 is 22.9. The average molecular weight is 258 g/mol. The number of aliphatic carboxylic acids is 1. The monoisotopic (exact) mass is 258 g/mol. The van der Waals surface area contributed by atoms with Crippen LogP contribution in [0, 0.1) is 0 Å². The minimum Gasteiger partial charge on any atom is -0.476 e. The van der Waals surface area contributed by atoms with E-state index in [0.717, 1.165) is 31.3 Å². The molecule has 6 nitrogen and oxygen atoms in total. The molecule has 0 aromatic heterocycles. The number of rotatable bonds is 3. The summed E-state index contributed by atoms with van der Waals surface area (Å²) in [5.41, 5.74) is 0.323. The number of hydrogen-bond acceptors (Lipinski definition) is 5. The van der Waals surface area contributed by atoms with Crippen molar-refractivity contribution in [2.24, 2.45) is 4.99 Å². The Labute approximate surface area is 99.6 Å². The number of sulfone groups is 1. The quantitative estimate of drug-likeness (QED) is 0.782. The number of carboxylic acids is 1. The van der Waals surface area contributed by atoms with Crippen LogP contribution in [-0.4, -0.2) is 49.1 Å². The third-order valence-electron chi connectivity index (χ3n) is 2.82. The summed E-state index contributed by atoms with van der Waals surface area (Å²) >= 11 is 0. The molecule has 2 aliphatic heterocycles. The fraction of sp³-hybridized carbons (Fsp3) is 0.600. The van der Waals surface area contributed by atoms with Crippen molar-refractivity contribution in [2.45, 2.75) is 19.3 Å². The van der Waals surface area contributed by atoms with Gasteiger partial charge in [0.05, 0.1) is 11.1 Å². The molecule has 0 spiro atoms. The lowest BCUT2D eigenvalue weighted by Crippen LogP contribution is -2.31. The maximum Gasteiger partial charge on any atom is 0.366 e. The first kappa shape index (κ1) is 12.3. The van der Waals surface area contributed by atoms with E-state index in [4.69, 9.17) is 5.11 Å². The second-order valence-corrected chi connectivity index (χ2v) is 5.93. The van der Waals surface area contributed by atoms with Crippen molar-refractivity contribution in [3.05, 3.63) is 11.1 Å². The smallest absolute Gasteiger partial charge is 0.366 e. The number of hydrogen-bond donors (Lipinski definition) is 1. The molecule has 0 atom stereocenters. The lowest BCUT2D eigenvalue weighted by molar-refractivity contribution is -0.129. The highest BCUT2D eigenvalue weighted by atomic mass is 32.2. The molecule has 0 radical (unpaired) electrons. The zero-order valence-corrected chi connectivity index (χ0v) is 10.1. The van der Waals surface area contributed by atoms with Gasteiger partial charge in [-0.3, -0.25) is 4.90 Å². The summed E-state index contributed by atoms with van der Waals surface area (Å²) in [4.78, 5) is 16.5. The van der Waals surface area contributed by atoms with Crippen molar-refractivity contribution in [3.63, 3.8) is 0 Å². The first-order valence-electron chi connectivity index (χ1n) is 5.49. The fourth-order valence-electron chi connectivity index (χ4n) is 2.04. The number of nitrogens with zero attached hydrogens (tertiary/aromatic N) is 2. The average Bonchev–Trinajstić information content (AvgIpc) is 2.55. The molecular formula is C10H14N2O4S. The minimum absolute atomic E-state index is 0.323. The molecule has 94 valence electrons. The lowest BCUT2D eigenvalue weighted by atomic mass is 10.1. The van der Waals surface area contributed by atoms with Crippen LogP contribution in [0.15, 0.2) is 16.1 Å². The third-order valence-corrected chi connectivity index (χ3v) is 4.21. The Morgan fingerprint density at radius 2 is 2.00 bits per heavy atom. The van der Waals surface area contributed by atoms with Crippen molar-refractivity contribution >= 4 is 20.9 Å². The second kappa shape index (κ2) is 4.58. The van der Waals surface area contributed by atoms with E-state index in [0.29, 0.717) is 12.2 Å². The molecule has 7 heteroatoms. The SMILES string of the molecule is O=C(O)C1=NC(CN2CCCCC2)=CS1(=O)=O. The normalized spacial score (nSPS) is 24.2. The predicted molar refractivity (Wildman–Crippen MR) is 62.4 cm³/mol. The van der Waals surface area contributed by atoms with E-state index in [-0.39, 0.29) is 0 Å². The fourth-order valence-corrected chi connectivity index (χ4v) is 3.13. The molecule has 0 aromatic rings. The van der Waals surface area contributed by atoms with Crippen molar-refractivity contribution in [1.82, 2.24) is 4.90 Å². The third kappa shape index (κ3) is 2.73. The van der Waals surface area contributed by atoms with Gasteiger partial charge in [0, 0.05) is 6.54 Å². The van der Waals surface area contributed by atoms with E-state index >= 15 is 0 Å². The second-order valence-electron chi connectivity index (χ2n) is 4.21. The van der Waals surface area contributed by atoms with Crippen LogP contribution in [0.1, 0.15) is 19.3 Å². The van der Waals surface area contributed by atoms with Gasteiger partial charge in [-0.25, -0.2) is 18.2 Å². The van der Waals surface area contributed by atoms with Crippen LogP contribution in [0.3, 0.4) is 0 Å². The number of aliphatic imine (C=N–C) groups is 1. The van der Waals surface area contributed by atoms with Crippen molar-refractivity contribution in [3.8, 4) is 0 Å². The number of carbonyl (C=O) groups is 1. The van der Waals surface area contributed by atoms with Crippen LogP contribution in [0.5, 0.6) is 0 Å². The zero-order valence-electron chi connectivity index (χ0n) is 9.29. The summed E-state index contributed by atoms with van der Waals surface area (Å²) in [6.07, 6.45) is 3.38. The van der Waals surface area contributed by atoms with E-state index in [1.54, 1.807) is 0 Å². The van der Waals surface area contributed by atoms with E-state index in [9.17, 15) is 13.2 Å². The molecule has 1 saturated heterocycles. The molecule has 0 aliphatic carbocycles. The maximum absolute atomic E-state index is 11.4. The summed E-state index contributed by atoms with van der Waals surface area (Å²) in [6, 6.07) is 0. The van der Waals surface area contributed by atoms with Gasteiger partial charge < -0.3 is 5.11 Å². The maximum atomic E-state index is 11.4. The topological polar surface area (TPSA) is 87.0 Å². The van der Waals surface area contributed by atoms with E-state index in [1.807, 2.05) is 0 Å². The molecular weight excluding hydrogens is 244 g/mol. The summed E-state index contributed by atoms with van der Waals surface area (Å²) in [7, 11) is -3.82. The first-order valence-corrected chi connectivity index (χ1v) is 7.04. The molecule has 1 N–H and O–H groups in total. The van der Waals surface area contributed by atoms with Crippen LogP contribution < -0.4 is 0 Å². The lowest BCUT2D eigenvalue weighted by Gasteiger charge is -2.25. The standard InChI is InChI=1S/C10H14N2O4S/c13-10(14)9-11-8(7-17(9,15)16)6-12-4-2-1-3-5-12/h7H,1-6H2,(H,13,14). The van der Waals surface area contributed by atoms with Gasteiger partial charge in [0.15, 0.2) is 0 Å². The predicted octanol–water partition coefficient (Wildman–Crippen LogP) is 0.225. The highest BCUT2D eigenvalue weighted by molar-refractivity contribution is 8.11. The Balaban J connectivity index is 2.10. The van der Waals surface area contributed by atoms with E-state index in [2.05, 4.69) is 9.89 Å². The van der Waals surface area contributed by atoms with Crippen LogP contribution in [0.25, 0.3) is 0 Å². The van der Waals surface area contributed by atoms with Gasteiger partial charge >= 0.3 is 5.97 Å². The Morgan fingerprint density at radius 3 is 2.53 bits per heavy atom. The highest BCUT2D eigenvalue weighted by Gasteiger charge is 2.31. The molecule has 1 fully saturated rings. The van der Waals surface area contributed by atoms with Crippen molar-refractivity contribution in [2.75, 3.05) is 19.6 Å².